The van der Waals surface area contributed by atoms with Crippen molar-refractivity contribution in [1.29, 1.82) is 0 Å². The van der Waals surface area contributed by atoms with Gasteiger partial charge in [0.25, 0.3) is 0 Å². The van der Waals surface area contributed by atoms with Gasteiger partial charge in [0.2, 0.25) is 0 Å². The van der Waals surface area contributed by atoms with Crippen LogP contribution in [0.5, 0.6) is 0 Å². The maximum Gasteiger partial charge on any atom is 2.00 e. The molecule has 0 radical (unpaired) electrons. The molecular weight excluding hydrogens is 416 g/mol. The van der Waals surface area contributed by atoms with E-state index in [0.29, 0.717) is 0 Å². The molecule has 0 aromatic rings. The maximum atomic E-state index is 9.63. The van der Waals surface area contributed by atoms with E-state index in [0.717, 1.165) is 0 Å². The predicted molar refractivity (Wildman–Crippen MR) is 55.6 cm³/mol. The summed E-state index contributed by atoms with van der Waals surface area (Å²) in [4.78, 5) is 38.5. The number of carboxylic acids is 4. The Kier molecular flexibility index (Phi) is 20.7. The van der Waals surface area contributed by atoms with E-state index in [-0.39, 0.29) is 83.2 Å². The van der Waals surface area contributed by atoms with Crippen LogP contribution in [0.15, 0.2) is 0 Å². The molecule has 4 N–H and O–H groups in total. The van der Waals surface area contributed by atoms with Gasteiger partial charge in [0.1, 0.15) is 24.4 Å². The van der Waals surface area contributed by atoms with Crippen LogP contribution >= 0.6 is 0 Å². The number of rotatable bonds is 6. The average molecular weight is 424 g/mol. The molecule has 0 aliphatic carbocycles. The molecule has 14 heteroatoms. The van der Waals surface area contributed by atoms with E-state index in [9.17, 15) is 39.6 Å². The summed E-state index contributed by atoms with van der Waals surface area (Å²) in [6.45, 7) is 0. The first kappa shape index (κ1) is 30.4. The van der Waals surface area contributed by atoms with Crippen molar-refractivity contribution in [3.63, 3.8) is 0 Å². The molecule has 0 saturated carbocycles. The van der Waals surface area contributed by atoms with Crippen LogP contribution in [0.25, 0.3) is 0 Å². The predicted octanol–water partition coefficient (Wildman–Crippen LogP) is -10.3. The summed E-state index contributed by atoms with van der Waals surface area (Å²) < 4.78 is 0. The Morgan fingerprint density at radius 3 is 0.682 bits per heavy atom. The summed E-state index contributed by atoms with van der Waals surface area (Å²) in [5, 5.41) is 71.5. The van der Waals surface area contributed by atoms with Gasteiger partial charge in [-0.1, -0.05) is 0 Å². The van der Waals surface area contributed by atoms with Crippen molar-refractivity contribution in [2.45, 2.75) is 24.4 Å². The second kappa shape index (κ2) is 15.0. The SMILES string of the molecule is O=C([O-])C(O)C(O)C(=O)[O-].O=C([O-])C(O)C(O)C(=O)[O-].[Ca+2].[Sr+2]. The van der Waals surface area contributed by atoms with E-state index in [1.54, 1.807) is 0 Å². The molecule has 0 saturated heterocycles. The van der Waals surface area contributed by atoms with Crippen LogP contribution < -0.4 is 20.4 Å². The van der Waals surface area contributed by atoms with Crippen molar-refractivity contribution < 1.29 is 60.0 Å². The third-order valence-corrected chi connectivity index (χ3v) is 1.56. The number of aliphatic hydroxyl groups excluding tert-OH is 4. The van der Waals surface area contributed by atoms with Crippen LogP contribution in [0.2, 0.25) is 0 Å². The molecule has 0 bridgehead atoms. The summed E-state index contributed by atoms with van der Waals surface area (Å²) >= 11 is 0. The number of hydrogen-bond acceptors (Lipinski definition) is 12. The minimum absolute atomic E-state index is 0. The molecule has 0 aliphatic rings. The fourth-order valence-electron chi connectivity index (χ4n) is 0.516. The van der Waals surface area contributed by atoms with E-state index in [1.165, 1.54) is 0 Å². The Morgan fingerprint density at radius 1 is 0.545 bits per heavy atom. The number of aliphatic hydroxyl groups is 4. The molecule has 0 heterocycles. The molecule has 22 heavy (non-hydrogen) atoms. The smallest absolute Gasteiger partial charge is 0.547 e. The van der Waals surface area contributed by atoms with Gasteiger partial charge in [0, 0.05) is 0 Å². The van der Waals surface area contributed by atoms with Gasteiger partial charge in [-0.15, -0.1) is 0 Å². The van der Waals surface area contributed by atoms with E-state index in [2.05, 4.69) is 0 Å². The van der Waals surface area contributed by atoms with E-state index in [1.807, 2.05) is 0 Å². The molecule has 0 fully saturated rings. The minimum Gasteiger partial charge on any atom is -0.547 e. The Hall–Kier alpha value is 0.460. The molecule has 4 unspecified atom stereocenters. The first-order valence-electron chi connectivity index (χ1n) is 4.49. The summed E-state index contributed by atoms with van der Waals surface area (Å²) in [5.41, 5.74) is 0. The third kappa shape index (κ3) is 13.0. The van der Waals surface area contributed by atoms with Crippen LogP contribution in [-0.4, -0.2) is 152 Å². The van der Waals surface area contributed by atoms with Gasteiger partial charge in [-0.05, 0) is 0 Å². The molecule has 12 nitrogen and oxygen atoms in total. The summed E-state index contributed by atoms with van der Waals surface area (Å²) in [6.07, 6.45) is -9.76. The van der Waals surface area contributed by atoms with Crippen molar-refractivity contribution in [1.82, 2.24) is 0 Å². The topological polar surface area (TPSA) is 241 Å². The molecular formula is C8H8CaO12Sr. The zero-order chi connectivity index (χ0) is 16.6. The molecule has 0 aromatic heterocycles. The fraction of sp³-hybridized carbons (Fsp3) is 0.500. The summed E-state index contributed by atoms with van der Waals surface area (Å²) in [7, 11) is 0. The Bertz CT molecular complexity index is 315. The molecule has 0 amide bonds. The van der Waals surface area contributed by atoms with Crippen molar-refractivity contribution in [3.8, 4) is 0 Å². The first-order chi connectivity index (χ1) is 8.93. The Morgan fingerprint density at radius 2 is 0.636 bits per heavy atom. The van der Waals surface area contributed by atoms with E-state index < -0.39 is 48.3 Å². The van der Waals surface area contributed by atoms with E-state index >= 15 is 0 Å². The Balaban J connectivity index is -0.000000135. The van der Waals surface area contributed by atoms with Crippen LogP contribution in [0.1, 0.15) is 0 Å². The van der Waals surface area contributed by atoms with Crippen molar-refractivity contribution in [3.05, 3.63) is 0 Å². The number of carboxylic acid groups (broad SMARTS) is 4. The molecule has 116 valence electrons. The third-order valence-electron chi connectivity index (χ3n) is 1.56. The van der Waals surface area contributed by atoms with Crippen LogP contribution in [0.4, 0.5) is 0 Å². The van der Waals surface area contributed by atoms with Crippen LogP contribution in [0.3, 0.4) is 0 Å². The van der Waals surface area contributed by atoms with Crippen LogP contribution in [-0.2, 0) is 19.2 Å². The quantitative estimate of drug-likeness (QED) is 0.291. The van der Waals surface area contributed by atoms with Gasteiger partial charge in [0.05, 0.1) is 23.9 Å². The zero-order valence-corrected chi connectivity index (χ0v) is 16.5. The normalized spacial score (nSPS) is 14.4. The number of aliphatic carboxylic acids is 4. The van der Waals surface area contributed by atoms with Gasteiger partial charge in [0.15, 0.2) is 0 Å². The largest absolute Gasteiger partial charge is 2.00 e. The minimum atomic E-state index is -2.44. The molecule has 0 rings (SSSR count). The van der Waals surface area contributed by atoms with Crippen LogP contribution in [0, 0.1) is 0 Å². The van der Waals surface area contributed by atoms with Gasteiger partial charge in [-0.25, -0.2) is 0 Å². The van der Waals surface area contributed by atoms with Crippen molar-refractivity contribution in [2.24, 2.45) is 0 Å². The second-order valence-electron chi connectivity index (χ2n) is 3.06. The molecule has 0 aliphatic heterocycles. The van der Waals surface area contributed by atoms with Gasteiger partial charge < -0.3 is 60.0 Å². The monoisotopic (exact) mass is 424 g/mol. The maximum absolute atomic E-state index is 9.63. The first-order valence-corrected chi connectivity index (χ1v) is 4.49. The van der Waals surface area contributed by atoms with E-state index in [4.69, 9.17) is 20.4 Å². The number of carbonyl (C=O) groups excluding carboxylic acids is 4. The number of hydrogen-bond donors (Lipinski definition) is 4. The zero-order valence-electron chi connectivity index (χ0n) is 10.8. The second-order valence-corrected chi connectivity index (χ2v) is 3.06. The molecule has 0 aromatic carbocycles. The summed E-state index contributed by atoms with van der Waals surface area (Å²) in [5.74, 6) is -8.23. The molecule has 0 spiro atoms. The average Bonchev–Trinajstić information content (AvgIpc) is 2.35. The van der Waals surface area contributed by atoms with Crippen molar-refractivity contribution >= 4 is 107 Å². The molecule has 4 atom stereocenters. The van der Waals surface area contributed by atoms with Gasteiger partial charge in [-0.2, -0.15) is 0 Å². The summed E-state index contributed by atoms with van der Waals surface area (Å²) in [6, 6.07) is 0. The van der Waals surface area contributed by atoms with Crippen molar-refractivity contribution in [2.75, 3.05) is 0 Å². The van der Waals surface area contributed by atoms with Gasteiger partial charge in [-0.3, -0.25) is 0 Å². The Labute approximate surface area is 189 Å². The standard InChI is InChI=1S/2C4H6O6.Ca.Sr/c2*5-1(3(7)8)2(6)4(9)10;;/h2*1-2,5-6H,(H,7,8)(H,9,10);;/q;;2*+2/p-4. The fourth-order valence-corrected chi connectivity index (χ4v) is 0.516. The van der Waals surface area contributed by atoms with Gasteiger partial charge >= 0.3 is 83.2 Å². The number of carbonyl (C=O) groups is 4.